The number of fused-ring (bicyclic) bond motifs is 1. The number of H-pyrrole nitrogens is 1. The van der Waals surface area contributed by atoms with Crippen LogP contribution in [0.1, 0.15) is 23.0 Å². The molecule has 0 saturated carbocycles. The number of morpholine rings is 1. The molecule has 0 atom stereocenters. The summed E-state index contributed by atoms with van der Waals surface area (Å²) in [5, 5.41) is 1.03. The van der Waals surface area contributed by atoms with Gasteiger partial charge in [-0.2, -0.15) is 0 Å². The number of aromatic amines is 1. The third kappa shape index (κ3) is 3.25. The second-order valence-electron chi connectivity index (χ2n) is 5.21. The highest BCUT2D eigenvalue weighted by Gasteiger charge is 2.13. The van der Waals surface area contributed by atoms with Gasteiger partial charge in [0.15, 0.2) is 0 Å². The fraction of sp³-hybridized carbons (Fsp3) is 0.438. The fourth-order valence-electron chi connectivity index (χ4n) is 2.61. The first-order valence-corrected chi connectivity index (χ1v) is 7.35. The molecule has 1 aromatic carbocycles. The Bertz CT molecular complexity index is 629. The molecule has 112 valence electrons. The quantitative estimate of drug-likeness (QED) is 0.876. The highest BCUT2D eigenvalue weighted by atomic mass is 16.5. The number of hydrogen-bond donors (Lipinski definition) is 1. The molecule has 2 aromatic rings. The number of hydrogen-bond acceptors (Lipinski definition) is 4. The summed E-state index contributed by atoms with van der Waals surface area (Å²) >= 11 is 0. The first-order chi connectivity index (χ1) is 10.3. The van der Waals surface area contributed by atoms with Gasteiger partial charge >= 0.3 is 5.97 Å². The lowest BCUT2D eigenvalue weighted by Gasteiger charge is -2.26. The Morgan fingerprint density at radius 1 is 1.33 bits per heavy atom. The molecule has 1 fully saturated rings. The molecule has 0 radical (unpaired) electrons. The number of esters is 1. The van der Waals surface area contributed by atoms with Crippen LogP contribution in [0.15, 0.2) is 24.3 Å². The van der Waals surface area contributed by atoms with Gasteiger partial charge in [-0.25, -0.2) is 4.79 Å². The van der Waals surface area contributed by atoms with Crippen molar-refractivity contribution >= 4 is 16.9 Å². The minimum Gasteiger partial charge on any atom is -0.461 e. The Morgan fingerprint density at radius 2 is 2.14 bits per heavy atom. The van der Waals surface area contributed by atoms with Gasteiger partial charge < -0.3 is 14.5 Å². The maximum absolute atomic E-state index is 11.7. The molecule has 0 aliphatic carbocycles. The van der Waals surface area contributed by atoms with Gasteiger partial charge in [-0.1, -0.05) is 12.1 Å². The van der Waals surface area contributed by atoms with E-state index >= 15 is 0 Å². The topological polar surface area (TPSA) is 54.6 Å². The molecule has 1 aromatic heterocycles. The lowest BCUT2D eigenvalue weighted by atomic mass is 10.1. The van der Waals surface area contributed by atoms with E-state index in [1.165, 1.54) is 5.56 Å². The van der Waals surface area contributed by atoms with E-state index in [1.54, 1.807) is 6.92 Å². The summed E-state index contributed by atoms with van der Waals surface area (Å²) < 4.78 is 10.4. The van der Waals surface area contributed by atoms with Crippen LogP contribution in [-0.2, 0) is 16.0 Å². The van der Waals surface area contributed by atoms with E-state index in [-0.39, 0.29) is 5.97 Å². The molecule has 1 saturated heterocycles. The minimum atomic E-state index is -0.302. The lowest BCUT2D eigenvalue weighted by Crippen LogP contribution is -2.35. The molecular formula is C16H20N2O3. The first-order valence-electron chi connectivity index (χ1n) is 7.35. The van der Waals surface area contributed by atoms with E-state index in [4.69, 9.17) is 9.47 Å². The third-order valence-corrected chi connectivity index (χ3v) is 3.69. The fourth-order valence-corrected chi connectivity index (χ4v) is 2.61. The molecule has 0 bridgehead atoms. The summed E-state index contributed by atoms with van der Waals surface area (Å²) in [5.41, 5.74) is 2.72. The zero-order valence-electron chi connectivity index (χ0n) is 12.2. The van der Waals surface area contributed by atoms with Crippen molar-refractivity contribution in [2.75, 3.05) is 32.9 Å². The Hall–Kier alpha value is -1.85. The average molecular weight is 288 g/mol. The Kier molecular flexibility index (Phi) is 4.22. The number of rotatable bonds is 4. The minimum absolute atomic E-state index is 0.302. The molecule has 1 aliphatic heterocycles. The van der Waals surface area contributed by atoms with Gasteiger partial charge in [0.05, 0.1) is 19.8 Å². The molecule has 1 aliphatic rings. The van der Waals surface area contributed by atoms with Gasteiger partial charge in [0.1, 0.15) is 5.69 Å². The standard InChI is InChI=1S/C16H20N2O3/c1-2-21-16(19)15-10-13-4-3-12(9-14(13)17-15)11-18-5-7-20-8-6-18/h3-4,9-10,17H,2,5-8,11H2,1H3. The van der Waals surface area contributed by atoms with E-state index in [2.05, 4.69) is 22.0 Å². The SMILES string of the molecule is CCOC(=O)c1cc2ccc(CN3CCOCC3)cc2[nH]1. The van der Waals surface area contributed by atoms with Crippen LogP contribution in [0.5, 0.6) is 0 Å². The van der Waals surface area contributed by atoms with Crippen LogP contribution < -0.4 is 0 Å². The number of aromatic nitrogens is 1. The predicted octanol–water partition coefficient (Wildman–Crippen LogP) is 2.18. The van der Waals surface area contributed by atoms with Gasteiger partial charge in [-0.05, 0) is 24.6 Å². The average Bonchev–Trinajstić information content (AvgIpc) is 2.92. The van der Waals surface area contributed by atoms with Gasteiger partial charge in [0.25, 0.3) is 0 Å². The van der Waals surface area contributed by atoms with Crippen molar-refractivity contribution in [3.63, 3.8) is 0 Å². The second-order valence-corrected chi connectivity index (χ2v) is 5.21. The van der Waals surface area contributed by atoms with Crippen LogP contribution in [0.3, 0.4) is 0 Å². The molecule has 5 nitrogen and oxygen atoms in total. The van der Waals surface area contributed by atoms with E-state index in [0.29, 0.717) is 12.3 Å². The van der Waals surface area contributed by atoms with Crippen LogP contribution in [-0.4, -0.2) is 48.8 Å². The number of carbonyl (C=O) groups excluding carboxylic acids is 1. The van der Waals surface area contributed by atoms with Crippen molar-refractivity contribution in [2.24, 2.45) is 0 Å². The zero-order valence-corrected chi connectivity index (χ0v) is 12.2. The smallest absolute Gasteiger partial charge is 0.354 e. The van der Waals surface area contributed by atoms with Crippen molar-refractivity contribution in [2.45, 2.75) is 13.5 Å². The molecular weight excluding hydrogens is 268 g/mol. The van der Waals surface area contributed by atoms with Crippen molar-refractivity contribution in [1.82, 2.24) is 9.88 Å². The van der Waals surface area contributed by atoms with Crippen LogP contribution in [0.2, 0.25) is 0 Å². The number of benzene rings is 1. The highest BCUT2D eigenvalue weighted by Crippen LogP contribution is 2.19. The zero-order chi connectivity index (χ0) is 14.7. The normalized spacial score (nSPS) is 16.2. The summed E-state index contributed by atoms with van der Waals surface area (Å²) in [4.78, 5) is 17.3. The first kappa shape index (κ1) is 14.1. The number of nitrogens with zero attached hydrogens (tertiary/aromatic N) is 1. The molecule has 5 heteroatoms. The molecule has 0 amide bonds. The van der Waals surface area contributed by atoms with Crippen LogP contribution in [0, 0.1) is 0 Å². The maximum Gasteiger partial charge on any atom is 0.354 e. The van der Waals surface area contributed by atoms with Crippen molar-refractivity contribution in [3.8, 4) is 0 Å². The molecule has 21 heavy (non-hydrogen) atoms. The Balaban J connectivity index is 1.77. The summed E-state index contributed by atoms with van der Waals surface area (Å²) in [6, 6.07) is 8.10. The summed E-state index contributed by atoms with van der Waals surface area (Å²) in [5.74, 6) is -0.302. The van der Waals surface area contributed by atoms with Crippen LogP contribution >= 0.6 is 0 Å². The monoisotopic (exact) mass is 288 g/mol. The Labute approximate surface area is 123 Å². The lowest BCUT2D eigenvalue weighted by molar-refractivity contribution is 0.0342. The van der Waals surface area contributed by atoms with Gasteiger partial charge in [0, 0.05) is 30.5 Å². The second kappa shape index (κ2) is 6.28. The largest absolute Gasteiger partial charge is 0.461 e. The van der Waals surface area contributed by atoms with Gasteiger partial charge in [-0.15, -0.1) is 0 Å². The number of ether oxygens (including phenoxy) is 2. The maximum atomic E-state index is 11.7. The molecule has 0 spiro atoms. The molecule has 3 rings (SSSR count). The van der Waals surface area contributed by atoms with E-state index in [9.17, 15) is 4.79 Å². The van der Waals surface area contributed by atoms with E-state index < -0.39 is 0 Å². The van der Waals surface area contributed by atoms with Crippen LogP contribution in [0.25, 0.3) is 10.9 Å². The molecule has 1 N–H and O–H groups in total. The van der Waals surface area contributed by atoms with Crippen molar-refractivity contribution in [1.29, 1.82) is 0 Å². The summed E-state index contributed by atoms with van der Waals surface area (Å²) in [7, 11) is 0. The van der Waals surface area contributed by atoms with Gasteiger partial charge in [-0.3, -0.25) is 4.90 Å². The Morgan fingerprint density at radius 3 is 2.90 bits per heavy atom. The summed E-state index contributed by atoms with van der Waals surface area (Å²) in [6.07, 6.45) is 0. The molecule has 0 unspecified atom stereocenters. The summed E-state index contributed by atoms with van der Waals surface area (Å²) in [6.45, 7) is 6.65. The van der Waals surface area contributed by atoms with E-state index in [0.717, 1.165) is 43.8 Å². The van der Waals surface area contributed by atoms with Crippen molar-refractivity contribution < 1.29 is 14.3 Å². The number of nitrogens with one attached hydrogen (secondary N) is 1. The van der Waals surface area contributed by atoms with Gasteiger partial charge in [0.2, 0.25) is 0 Å². The highest BCUT2D eigenvalue weighted by molar-refractivity contribution is 5.94. The third-order valence-electron chi connectivity index (χ3n) is 3.69. The molecule has 2 heterocycles. The van der Waals surface area contributed by atoms with E-state index in [1.807, 2.05) is 12.1 Å². The predicted molar refractivity (Wildman–Crippen MR) is 80.4 cm³/mol. The van der Waals surface area contributed by atoms with Crippen LogP contribution in [0.4, 0.5) is 0 Å². The van der Waals surface area contributed by atoms with Crippen molar-refractivity contribution in [3.05, 3.63) is 35.5 Å². The number of carbonyl (C=O) groups is 1.